The lowest BCUT2D eigenvalue weighted by atomic mass is 9.92. The zero-order chi connectivity index (χ0) is 45.5. The molecule has 0 saturated carbocycles. The third-order valence-corrected chi connectivity index (χ3v) is 19.6. The van der Waals surface area contributed by atoms with Crippen molar-refractivity contribution < 1.29 is 0 Å². The largest absolute Gasteiger partial charge is 0.309 e. The van der Waals surface area contributed by atoms with E-state index in [9.17, 15) is 0 Å². The van der Waals surface area contributed by atoms with E-state index in [1.54, 1.807) is 0 Å². The highest BCUT2D eigenvalue weighted by atomic mass is 28.3. The molecular weight excluding hydrogens is 849 g/mol. The monoisotopic (exact) mass is 892 g/mol. The molecule has 14 rings (SSSR count). The SMILES string of the molecule is c1ccc(-c2ccc([Si](c3ccccc3)(c3ccccc3)c3cccc(-n4c5cc(-n6c7ccccc7c7ccccc76)ccc5c5c6c7ccccc7c7ccccc7c6ccc54)c3)cc2)cc1. The first-order valence-corrected chi connectivity index (χ1v) is 25.9. The number of benzene rings is 12. The molecule has 0 aliphatic rings. The predicted octanol–water partition coefficient (Wildman–Crippen LogP) is 14.4. The molecule has 0 amide bonds. The summed E-state index contributed by atoms with van der Waals surface area (Å²) in [6.45, 7) is 0. The van der Waals surface area contributed by atoms with Gasteiger partial charge in [0.2, 0.25) is 0 Å². The van der Waals surface area contributed by atoms with Crippen molar-refractivity contribution >= 4 is 105 Å². The molecule has 12 aromatic carbocycles. The number of hydrogen-bond acceptors (Lipinski definition) is 0. The molecule has 0 atom stereocenters. The average Bonchev–Trinajstić information content (AvgIpc) is 3.95. The van der Waals surface area contributed by atoms with Crippen LogP contribution in [0, 0.1) is 0 Å². The van der Waals surface area contributed by atoms with Gasteiger partial charge in [0.25, 0.3) is 0 Å². The normalized spacial score (nSPS) is 12.1. The zero-order valence-electron chi connectivity index (χ0n) is 37.8. The van der Waals surface area contributed by atoms with Crippen LogP contribution in [0.4, 0.5) is 0 Å². The molecule has 0 N–H and O–H groups in total. The number of para-hydroxylation sites is 2. The second kappa shape index (κ2) is 15.7. The standard InChI is InChI=1S/C66H44N2Si/c1-4-19-45(20-5-1)46-35-38-51(39-36-46)69(49-22-6-2-7-23-49,50-24-8-3-9-25-50)52-26-18-21-47(43-52)68-63-42-41-59-55-29-11-10-27-53(55)54-28-12-13-32-58(54)65(59)66(63)60-40-37-48(44-64(60)68)67-61-33-16-14-30-56(61)57-31-15-17-34-62(57)67/h1-44H. The fraction of sp³-hybridized carbons (Fsp3) is 0. The molecular formula is C66H44N2Si. The van der Waals surface area contributed by atoms with E-state index in [0.717, 1.165) is 11.4 Å². The Balaban J connectivity index is 1.10. The van der Waals surface area contributed by atoms with Crippen LogP contribution in [-0.4, -0.2) is 17.2 Å². The van der Waals surface area contributed by atoms with Crippen molar-refractivity contribution in [3.63, 3.8) is 0 Å². The van der Waals surface area contributed by atoms with E-state index in [1.165, 1.54) is 108 Å². The van der Waals surface area contributed by atoms with Gasteiger partial charge in [-0.1, -0.05) is 224 Å². The molecule has 0 aliphatic carbocycles. The summed E-state index contributed by atoms with van der Waals surface area (Å²) in [5, 5.41) is 18.1. The van der Waals surface area contributed by atoms with E-state index >= 15 is 0 Å². The number of fused-ring (bicyclic) bond motifs is 13. The van der Waals surface area contributed by atoms with Crippen LogP contribution in [0.15, 0.2) is 267 Å². The Morgan fingerprint density at radius 1 is 0.217 bits per heavy atom. The Morgan fingerprint density at radius 3 is 1.28 bits per heavy atom. The summed E-state index contributed by atoms with van der Waals surface area (Å²) in [5.74, 6) is 0. The molecule has 2 heterocycles. The van der Waals surface area contributed by atoms with Gasteiger partial charge in [-0.15, -0.1) is 0 Å². The van der Waals surface area contributed by atoms with Crippen molar-refractivity contribution in [2.24, 2.45) is 0 Å². The third kappa shape index (κ3) is 5.91. The van der Waals surface area contributed by atoms with Gasteiger partial charge in [0.15, 0.2) is 8.07 Å². The van der Waals surface area contributed by atoms with Gasteiger partial charge in [-0.25, -0.2) is 0 Å². The van der Waals surface area contributed by atoms with Gasteiger partial charge in [0.05, 0.1) is 22.1 Å². The molecule has 0 aliphatic heterocycles. The van der Waals surface area contributed by atoms with E-state index in [-0.39, 0.29) is 0 Å². The summed E-state index contributed by atoms with van der Waals surface area (Å²) in [7, 11) is -2.95. The van der Waals surface area contributed by atoms with Crippen LogP contribution in [0.5, 0.6) is 0 Å². The van der Waals surface area contributed by atoms with Gasteiger partial charge < -0.3 is 9.13 Å². The van der Waals surface area contributed by atoms with Gasteiger partial charge in [-0.05, 0) is 101 Å². The maximum atomic E-state index is 2.56. The van der Waals surface area contributed by atoms with Crippen molar-refractivity contribution in [3.05, 3.63) is 267 Å². The van der Waals surface area contributed by atoms with E-state index in [0.29, 0.717) is 0 Å². The maximum Gasteiger partial charge on any atom is 0.179 e. The third-order valence-electron chi connectivity index (χ3n) is 14.8. The molecule has 2 aromatic heterocycles. The van der Waals surface area contributed by atoms with Crippen LogP contribution >= 0.6 is 0 Å². The number of hydrogen-bond donors (Lipinski definition) is 0. The average molecular weight is 893 g/mol. The topological polar surface area (TPSA) is 9.86 Å². The minimum atomic E-state index is -2.95. The minimum absolute atomic E-state index is 1.13. The van der Waals surface area contributed by atoms with Crippen molar-refractivity contribution in [3.8, 4) is 22.5 Å². The van der Waals surface area contributed by atoms with E-state index in [1.807, 2.05) is 0 Å². The molecule has 0 bridgehead atoms. The molecule has 2 nitrogen and oxygen atoms in total. The zero-order valence-corrected chi connectivity index (χ0v) is 38.8. The first kappa shape index (κ1) is 39.4. The second-order valence-corrected chi connectivity index (χ2v) is 22.2. The van der Waals surface area contributed by atoms with Gasteiger partial charge in [0, 0.05) is 38.3 Å². The van der Waals surface area contributed by atoms with Crippen LogP contribution in [-0.2, 0) is 0 Å². The molecule has 0 spiro atoms. The Morgan fingerprint density at radius 2 is 0.652 bits per heavy atom. The fourth-order valence-electron chi connectivity index (χ4n) is 11.9. The van der Waals surface area contributed by atoms with Crippen LogP contribution in [0.3, 0.4) is 0 Å². The van der Waals surface area contributed by atoms with Crippen LogP contribution in [0.25, 0.3) is 98.4 Å². The smallest absolute Gasteiger partial charge is 0.179 e. The van der Waals surface area contributed by atoms with Gasteiger partial charge in [-0.2, -0.15) is 0 Å². The van der Waals surface area contributed by atoms with Crippen molar-refractivity contribution in [1.82, 2.24) is 9.13 Å². The van der Waals surface area contributed by atoms with Crippen molar-refractivity contribution in [1.29, 1.82) is 0 Å². The minimum Gasteiger partial charge on any atom is -0.309 e. The summed E-state index contributed by atoms with van der Waals surface area (Å²) < 4.78 is 5.01. The Kier molecular flexibility index (Phi) is 8.95. The van der Waals surface area contributed by atoms with Crippen molar-refractivity contribution in [2.45, 2.75) is 0 Å². The summed E-state index contributed by atoms with van der Waals surface area (Å²) in [4.78, 5) is 0. The van der Waals surface area contributed by atoms with Crippen LogP contribution in [0.1, 0.15) is 0 Å². The predicted molar refractivity (Wildman–Crippen MR) is 297 cm³/mol. The molecule has 0 radical (unpaired) electrons. The second-order valence-electron chi connectivity index (χ2n) is 18.4. The van der Waals surface area contributed by atoms with E-state index in [4.69, 9.17) is 0 Å². The number of aromatic nitrogens is 2. The molecule has 0 saturated heterocycles. The molecule has 3 heteroatoms. The molecule has 14 aromatic rings. The Hall–Kier alpha value is -8.76. The highest BCUT2D eigenvalue weighted by Crippen LogP contribution is 2.44. The summed E-state index contributed by atoms with van der Waals surface area (Å²) in [5.41, 5.74) is 9.47. The lowest BCUT2D eigenvalue weighted by molar-refractivity contribution is 1.16. The van der Waals surface area contributed by atoms with E-state index < -0.39 is 8.07 Å². The summed E-state index contributed by atoms with van der Waals surface area (Å²) in [6.07, 6.45) is 0. The van der Waals surface area contributed by atoms with Crippen LogP contribution in [0.2, 0.25) is 0 Å². The molecule has 0 unspecified atom stereocenters. The van der Waals surface area contributed by atoms with Gasteiger partial charge >= 0.3 is 0 Å². The first-order valence-electron chi connectivity index (χ1n) is 23.9. The highest BCUT2D eigenvalue weighted by Gasteiger charge is 2.41. The summed E-state index contributed by atoms with van der Waals surface area (Å²) >= 11 is 0. The quantitative estimate of drug-likeness (QED) is 0.0857. The highest BCUT2D eigenvalue weighted by molar-refractivity contribution is 7.19. The lowest BCUT2D eigenvalue weighted by Gasteiger charge is -2.35. The van der Waals surface area contributed by atoms with E-state index in [2.05, 4.69) is 276 Å². The maximum absolute atomic E-state index is 2.95. The Bertz CT molecular complexity index is 4150. The molecule has 69 heavy (non-hydrogen) atoms. The first-order chi connectivity index (χ1) is 34.3. The molecule has 0 fully saturated rings. The van der Waals surface area contributed by atoms with Gasteiger partial charge in [-0.3, -0.25) is 0 Å². The number of rotatable bonds is 7. The summed E-state index contributed by atoms with van der Waals surface area (Å²) in [6, 6.07) is 99.8. The lowest BCUT2D eigenvalue weighted by Crippen LogP contribution is -2.74. The van der Waals surface area contributed by atoms with Crippen molar-refractivity contribution in [2.75, 3.05) is 0 Å². The molecule has 322 valence electrons. The van der Waals surface area contributed by atoms with Crippen LogP contribution < -0.4 is 20.7 Å². The fourth-order valence-corrected chi connectivity index (χ4v) is 16.7. The Labute approximate surface area is 401 Å². The number of nitrogens with zero attached hydrogens (tertiary/aromatic N) is 2. The van der Waals surface area contributed by atoms with Gasteiger partial charge in [0.1, 0.15) is 0 Å².